The Bertz CT molecular complexity index is 357. The van der Waals surface area contributed by atoms with Crippen LogP contribution in [0.1, 0.15) is 10.5 Å². The third kappa shape index (κ3) is 1.26. The van der Waals surface area contributed by atoms with E-state index in [1.807, 2.05) is 0 Å². The third-order valence-electron chi connectivity index (χ3n) is 1.27. The summed E-state index contributed by atoms with van der Waals surface area (Å²) < 4.78 is 0. The molecular formula is C6H7N3O3. The van der Waals surface area contributed by atoms with Crippen LogP contribution in [-0.2, 0) is 0 Å². The van der Waals surface area contributed by atoms with Crippen molar-refractivity contribution in [3.63, 3.8) is 0 Å². The molecule has 6 heteroatoms. The molecule has 12 heavy (non-hydrogen) atoms. The molecule has 64 valence electrons. The van der Waals surface area contributed by atoms with Crippen LogP contribution in [0.3, 0.4) is 0 Å². The van der Waals surface area contributed by atoms with Crippen molar-refractivity contribution in [3.05, 3.63) is 22.4 Å². The highest BCUT2D eigenvalue weighted by molar-refractivity contribution is 5.94. The standard InChI is InChI=1S/C6H7N3O3/c1-7-5(11)3-4(10)6(12)9-2-8-3/h2,10H,1H3,(H,7,11)(H,8,9,12). The van der Waals surface area contributed by atoms with E-state index < -0.39 is 17.2 Å². The van der Waals surface area contributed by atoms with Crippen LogP contribution in [-0.4, -0.2) is 28.0 Å². The van der Waals surface area contributed by atoms with E-state index in [0.29, 0.717) is 0 Å². The van der Waals surface area contributed by atoms with E-state index in [9.17, 15) is 9.59 Å². The van der Waals surface area contributed by atoms with E-state index in [1.165, 1.54) is 7.05 Å². The first kappa shape index (κ1) is 8.25. The Balaban J connectivity index is 3.26. The molecule has 0 aliphatic carbocycles. The summed E-state index contributed by atoms with van der Waals surface area (Å²) in [5.41, 5.74) is -1.01. The van der Waals surface area contributed by atoms with Crippen molar-refractivity contribution in [1.29, 1.82) is 0 Å². The van der Waals surface area contributed by atoms with E-state index in [0.717, 1.165) is 6.33 Å². The number of carbonyl (C=O) groups excluding carboxylic acids is 1. The number of rotatable bonds is 1. The summed E-state index contributed by atoms with van der Waals surface area (Å²) in [5, 5.41) is 11.3. The lowest BCUT2D eigenvalue weighted by atomic mass is 10.3. The zero-order chi connectivity index (χ0) is 9.14. The molecule has 0 aromatic carbocycles. The van der Waals surface area contributed by atoms with Gasteiger partial charge in [0.25, 0.3) is 11.5 Å². The SMILES string of the molecule is CNC(=O)c1nc[nH]c(=O)c1O. The fraction of sp³-hybridized carbons (Fsp3) is 0.167. The molecule has 0 radical (unpaired) electrons. The van der Waals surface area contributed by atoms with Gasteiger partial charge in [0, 0.05) is 7.05 Å². The van der Waals surface area contributed by atoms with Gasteiger partial charge in [-0.15, -0.1) is 0 Å². The normalized spacial score (nSPS) is 9.42. The number of carbonyl (C=O) groups is 1. The molecule has 0 atom stereocenters. The van der Waals surface area contributed by atoms with Crippen molar-refractivity contribution in [2.45, 2.75) is 0 Å². The fourth-order valence-electron chi connectivity index (χ4n) is 0.677. The van der Waals surface area contributed by atoms with E-state index >= 15 is 0 Å². The Morgan fingerprint density at radius 2 is 2.42 bits per heavy atom. The highest BCUT2D eigenvalue weighted by Crippen LogP contribution is 2.04. The van der Waals surface area contributed by atoms with Gasteiger partial charge in [0.15, 0.2) is 5.69 Å². The molecule has 0 aliphatic heterocycles. The van der Waals surface area contributed by atoms with Gasteiger partial charge < -0.3 is 15.4 Å². The summed E-state index contributed by atoms with van der Waals surface area (Å²) in [7, 11) is 1.38. The number of aromatic amines is 1. The summed E-state index contributed by atoms with van der Waals surface area (Å²) in [6.45, 7) is 0. The fourth-order valence-corrected chi connectivity index (χ4v) is 0.677. The maximum atomic E-state index is 10.9. The van der Waals surface area contributed by atoms with Crippen LogP contribution in [0.15, 0.2) is 11.1 Å². The van der Waals surface area contributed by atoms with Crippen LogP contribution in [0.2, 0.25) is 0 Å². The molecule has 0 saturated heterocycles. The summed E-state index contributed by atoms with van der Waals surface area (Å²) in [6, 6.07) is 0. The molecule has 1 aromatic rings. The summed E-state index contributed by atoms with van der Waals surface area (Å²) in [5.74, 6) is -1.27. The Labute approximate surface area is 67.3 Å². The lowest BCUT2D eigenvalue weighted by Crippen LogP contribution is -2.22. The van der Waals surface area contributed by atoms with Crippen LogP contribution >= 0.6 is 0 Å². The predicted octanol–water partition coefficient (Wildman–Crippen LogP) is -1.16. The Morgan fingerprint density at radius 3 is 3.00 bits per heavy atom. The number of aromatic nitrogens is 2. The third-order valence-corrected chi connectivity index (χ3v) is 1.27. The highest BCUT2D eigenvalue weighted by atomic mass is 16.3. The second kappa shape index (κ2) is 3.04. The zero-order valence-electron chi connectivity index (χ0n) is 6.29. The number of aromatic hydroxyl groups is 1. The van der Waals surface area contributed by atoms with Gasteiger partial charge >= 0.3 is 0 Å². The van der Waals surface area contributed by atoms with Gasteiger partial charge in [0.1, 0.15) is 0 Å². The quantitative estimate of drug-likeness (QED) is 0.494. The van der Waals surface area contributed by atoms with Gasteiger partial charge in [-0.3, -0.25) is 9.59 Å². The maximum Gasteiger partial charge on any atom is 0.293 e. The van der Waals surface area contributed by atoms with Crippen molar-refractivity contribution in [1.82, 2.24) is 15.3 Å². The molecule has 6 nitrogen and oxygen atoms in total. The van der Waals surface area contributed by atoms with Crippen LogP contribution < -0.4 is 10.9 Å². The minimum absolute atomic E-state index is 0.277. The maximum absolute atomic E-state index is 10.9. The molecule has 0 unspecified atom stereocenters. The number of hydrogen-bond acceptors (Lipinski definition) is 4. The van der Waals surface area contributed by atoms with Gasteiger partial charge in [0.05, 0.1) is 6.33 Å². The predicted molar refractivity (Wildman–Crippen MR) is 39.9 cm³/mol. The van der Waals surface area contributed by atoms with Crippen LogP contribution in [0.4, 0.5) is 0 Å². The Kier molecular flexibility index (Phi) is 2.09. The van der Waals surface area contributed by atoms with E-state index in [2.05, 4.69) is 15.3 Å². The van der Waals surface area contributed by atoms with Crippen molar-refractivity contribution >= 4 is 5.91 Å². The summed E-state index contributed by atoms with van der Waals surface area (Å²) >= 11 is 0. The van der Waals surface area contributed by atoms with E-state index in [-0.39, 0.29) is 5.69 Å². The lowest BCUT2D eigenvalue weighted by Gasteiger charge is -1.98. The van der Waals surface area contributed by atoms with Crippen molar-refractivity contribution in [3.8, 4) is 5.75 Å². The Hall–Kier alpha value is -1.85. The molecule has 1 rings (SSSR count). The average molecular weight is 169 g/mol. The van der Waals surface area contributed by atoms with Crippen LogP contribution in [0, 0.1) is 0 Å². The zero-order valence-corrected chi connectivity index (χ0v) is 6.29. The largest absolute Gasteiger partial charge is 0.501 e. The minimum Gasteiger partial charge on any atom is -0.501 e. The first-order valence-electron chi connectivity index (χ1n) is 3.15. The number of amides is 1. The second-order valence-electron chi connectivity index (χ2n) is 2.01. The van der Waals surface area contributed by atoms with Gasteiger partial charge in [-0.1, -0.05) is 0 Å². The molecule has 0 spiro atoms. The monoisotopic (exact) mass is 169 g/mol. The van der Waals surface area contributed by atoms with Crippen LogP contribution in [0.25, 0.3) is 0 Å². The molecule has 0 aliphatic rings. The molecular weight excluding hydrogens is 162 g/mol. The minimum atomic E-state index is -0.733. The highest BCUT2D eigenvalue weighted by Gasteiger charge is 2.12. The van der Waals surface area contributed by atoms with E-state index in [4.69, 9.17) is 5.11 Å². The summed E-state index contributed by atoms with van der Waals surface area (Å²) in [6.07, 6.45) is 1.05. The molecule has 0 fully saturated rings. The average Bonchev–Trinajstić information content (AvgIpc) is 2.08. The second-order valence-corrected chi connectivity index (χ2v) is 2.01. The smallest absolute Gasteiger partial charge is 0.293 e. The van der Waals surface area contributed by atoms with Crippen molar-refractivity contribution in [2.24, 2.45) is 0 Å². The number of hydrogen-bond donors (Lipinski definition) is 3. The van der Waals surface area contributed by atoms with Crippen molar-refractivity contribution < 1.29 is 9.90 Å². The Morgan fingerprint density at radius 1 is 1.75 bits per heavy atom. The first-order valence-corrected chi connectivity index (χ1v) is 3.15. The van der Waals surface area contributed by atoms with Crippen LogP contribution in [0.5, 0.6) is 5.75 Å². The first-order chi connectivity index (χ1) is 5.66. The molecule has 0 saturated carbocycles. The molecule has 3 N–H and O–H groups in total. The molecule has 1 amide bonds. The topological polar surface area (TPSA) is 95.1 Å². The van der Waals surface area contributed by atoms with Gasteiger partial charge in [-0.25, -0.2) is 4.98 Å². The van der Waals surface area contributed by atoms with Gasteiger partial charge in [0.2, 0.25) is 5.75 Å². The molecule has 1 aromatic heterocycles. The number of nitrogens with zero attached hydrogens (tertiary/aromatic N) is 1. The molecule has 1 heterocycles. The molecule has 0 bridgehead atoms. The van der Waals surface area contributed by atoms with Crippen molar-refractivity contribution in [2.75, 3.05) is 7.05 Å². The van der Waals surface area contributed by atoms with Gasteiger partial charge in [-0.2, -0.15) is 0 Å². The number of H-pyrrole nitrogens is 1. The van der Waals surface area contributed by atoms with E-state index in [1.54, 1.807) is 0 Å². The number of nitrogens with one attached hydrogen (secondary N) is 2. The summed E-state index contributed by atoms with van der Waals surface area (Å²) in [4.78, 5) is 27.2. The van der Waals surface area contributed by atoms with Gasteiger partial charge in [-0.05, 0) is 0 Å². The lowest BCUT2D eigenvalue weighted by molar-refractivity contribution is 0.0954.